The van der Waals surface area contributed by atoms with Gasteiger partial charge >= 0.3 is 5.97 Å². The molecule has 140 valence electrons. The molecule has 26 heavy (non-hydrogen) atoms. The van der Waals surface area contributed by atoms with E-state index in [1.165, 1.54) is 5.57 Å². The van der Waals surface area contributed by atoms with Gasteiger partial charge in [0.05, 0.1) is 0 Å². The van der Waals surface area contributed by atoms with Gasteiger partial charge in [0.2, 0.25) is 0 Å². The van der Waals surface area contributed by atoms with Crippen LogP contribution in [0, 0.1) is 28.6 Å². The SMILES string of the molecule is C[C@]12CCC(=O)C=C1CC[C@@H]1[C@@H]2C(=O)C[C@@]2(C)[C@H]1CC[C@@]21CCC(=O)O1. The molecule has 0 bridgehead atoms. The Balaban J connectivity index is 1.55. The zero-order chi connectivity index (χ0) is 18.3. The van der Waals surface area contributed by atoms with Crippen molar-refractivity contribution in [2.75, 3.05) is 0 Å². The van der Waals surface area contributed by atoms with Gasteiger partial charge in [-0.15, -0.1) is 0 Å². The van der Waals surface area contributed by atoms with E-state index < -0.39 is 5.60 Å². The minimum atomic E-state index is -0.408. The van der Waals surface area contributed by atoms with Crippen molar-refractivity contribution in [3.8, 4) is 0 Å². The maximum atomic E-state index is 13.5. The van der Waals surface area contributed by atoms with Gasteiger partial charge in [-0.3, -0.25) is 14.4 Å². The highest BCUT2D eigenvalue weighted by molar-refractivity contribution is 5.93. The summed E-state index contributed by atoms with van der Waals surface area (Å²) in [6, 6.07) is 0. The third-order valence-corrected chi connectivity index (χ3v) is 8.99. The Morgan fingerprint density at radius 3 is 2.54 bits per heavy atom. The van der Waals surface area contributed by atoms with E-state index in [-0.39, 0.29) is 28.5 Å². The molecule has 1 heterocycles. The molecule has 0 radical (unpaired) electrons. The van der Waals surface area contributed by atoms with Crippen LogP contribution in [0.25, 0.3) is 0 Å². The normalized spacial score (nSPS) is 50.2. The smallest absolute Gasteiger partial charge is 0.306 e. The van der Waals surface area contributed by atoms with E-state index in [0.29, 0.717) is 36.9 Å². The second kappa shape index (κ2) is 5.08. The Morgan fingerprint density at radius 1 is 1.00 bits per heavy atom. The van der Waals surface area contributed by atoms with Crippen LogP contribution in [0.1, 0.15) is 71.6 Å². The van der Waals surface area contributed by atoms with Crippen LogP contribution in [0.3, 0.4) is 0 Å². The minimum Gasteiger partial charge on any atom is -0.458 e. The monoisotopic (exact) mass is 356 g/mol. The molecule has 4 heteroatoms. The molecule has 4 nitrogen and oxygen atoms in total. The number of carbonyl (C=O) groups excluding carboxylic acids is 3. The molecule has 0 aromatic heterocycles. The summed E-state index contributed by atoms with van der Waals surface area (Å²) in [6.45, 7) is 4.44. The fraction of sp³-hybridized carbons (Fsp3) is 0.773. The Labute approximate surface area is 154 Å². The van der Waals surface area contributed by atoms with Gasteiger partial charge in [-0.25, -0.2) is 0 Å². The molecule has 0 N–H and O–H groups in total. The van der Waals surface area contributed by atoms with Crippen LogP contribution in [-0.4, -0.2) is 23.1 Å². The Bertz CT molecular complexity index is 751. The van der Waals surface area contributed by atoms with Gasteiger partial charge in [-0.1, -0.05) is 19.4 Å². The van der Waals surface area contributed by atoms with E-state index in [4.69, 9.17) is 4.74 Å². The first-order valence-corrected chi connectivity index (χ1v) is 10.3. The van der Waals surface area contributed by atoms with Crippen LogP contribution in [0.4, 0.5) is 0 Å². The molecule has 6 atom stereocenters. The highest BCUT2D eigenvalue weighted by Crippen LogP contribution is 2.68. The largest absolute Gasteiger partial charge is 0.458 e. The molecule has 1 saturated heterocycles. The molecule has 1 aliphatic heterocycles. The molecule has 5 rings (SSSR count). The van der Waals surface area contributed by atoms with E-state index in [9.17, 15) is 14.4 Å². The lowest BCUT2D eigenvalue weighted by molar-refractivity contribution is -0.173. The number of hydrogen-bond donors (Lipinski definition) is 0. The minimum absolute atomic E-state index is 0.0425. The summed E-state index contributed by atoms with van der Waals surface area (Å²) in [7, 11) is 0. The van der Waals surface area contributed by atoms with Gasteiger partial charge < -0.3 is 4.74 Å². The molecule has 4 fully saturated rings. The second-order valence-electron chi connectivity index (χ2n) is 9.91. The Hall–Kier alpha value is -1.45. The molecular formula is C22H28O4. The highest BCUT2D eigenvalue weighted by Gasteiger charge is 2.69. The standard InChI is InChI=1S/C22H28O4/c1-20-8-5-14(23)11-13(20)3-4-15-16-6-9-22(10-7-18(25)26-22)21(16,2)12-17(24)19(15)20/h11,15-16,19H,3-10,12H2,1-2H3/t15-,16-,19+,20-,21-,22+/m0/s1. The number of esters is 1. The average Bonchev–Trinajstić information content (AvgIpc) is 3.09. The van der Waals surface area contributed by atoms with Crippen LogP contribution in [0.15, 0.2) is 11.6 Å². The Morgan fingerprint density at radius 2 is 1.81 bits per heavy atom. The van der Waals surface area contributed by atoms with Gasteiger partial charge in [0.15, 0.2) is 5.78 Å². The topological polar surface area (TPSA) is 60.4 Å². The molecule has 0 amide bonds. The number of hydrogen-bond acceptors (Lipinski definition) is 4. The molecule has 0 aromatic rings. The zero-order valence-corrected chi connectivity index (χ0v) is 15.8. The fourth-order valence-corrected chi connectivity index (χ4v) is 7.66. The third-order valence-electron chi connectivity index (χ3n) is 8.99. The van der Waals surface area contributed by atoms with Crippen molar-refractivity contribution < 1.29 is 19.1 Å². The fourth-order valence-electron chi connectivity index (χ4n) is 7.66. The third kappa shape index (κ3) is 1.88. The van der Waals surface area contributed by atoms with E-state index >= 15 is 0 Å². The van der Waals surface area contributed by atoms with Gasteiger partial charge in [-0.2, -0.15) is 0 Å². The number of Topliss-reactive ketones (excluding diaryl/α,β-unsaturated/α-hetero) is 1. The Kier molecular flexibility index (Phi) is 3.26. The van der Waals surface area contributed by atoms with Gasteiger partial charge in [0, 0.05) is 30.6 Å². The number of carbonyl (C=O) groups is 3. The van der Waals surface area contributed by atoms with Crippen molar-refractivity contribution in [2.24, 2.45) is 28.6 Å². The van der Waals surface area contributed by atoms with Crippen molar-refractivity contribution in [3.63, 3.8) is 0 Å². The van der Waals surface area contributed by atoms with Crippen LogP contribution in [0.2, 0.25) is 0 Å². The van der Waals surface area contributed by atoms with Crippen LogP contribution >= 0.6 is 0 Å². The van der Waals surface area contributed by atoms with Gasteiger partial charge in [0.25, 0.3) is 0 Å². The summed E-state index contributed by atoms with van der Waals surface area (Å²) < 4.78 is 5.91. The summed E-state index contributed by atoms with van der Waals surface area (Å²) in [5.74, 6) is 1.35. The number of rotatable bonds is 0. The summed E-state index contributed by atoms with van der Waals surface area (Å²) in [4.78, 5) is 37.3. The van der Waals surface area contributed by atoms with E-state index in [1.807, 2.05) is 6.08 Å². The maximum Gasteiger partial charge on any atom is 0.306 e. The molecule has 4 aliphatic carbocycles. The van der Waals surface area contributed by atoms with Crippen molar-refractivity contribution >= 4 is 17.5 Å². The molecule has 0 aromatic carbocycles. The molecule has 1 spiro atoms. The van der Waals surface area contributed by atoms with E-state index in [1.54, 1.807) is 0 Å². The number of ether oxygens (including phenoxy) is 1. The quantitative estimate of drug-likeness (QED) is 0.620. The average molecular weight is 356 g/mol. The predicted octanol–water partition coefficient (Wildman–Crippen LogP) is 3.77. The van der Waals surface area contributed by atoms with Crippen LogP contribution in [0.5, 0.6) is 0 Å². The molecule has 3 saturated carbocycles. The number of fused-ring (bicyclic) bond motifs is 6. The van der Waals surface area contributed by atoms with Crippen LogP contribution in [-0.2, 0) is 19.1 Å². The lowest BCUT2D eigenvalue weighted by Gasteiger charge is -2.58. The lowest BCUT2D eigenvalue weighted by Crippen LogP contribution is -2.58. The summed E-state index contributed by atoms with van der Waals surface area (Å²) in [5, 5.41) is 0. The summed E-state index contributed by atoms with van der Waals surface area (Å²) >= 11 is 0. The predicted molar refractivity (Wildman–Crippen MR) is 95.2 cm³/mol. The summed E-state index contributed by atoms with van der Waals surface area (Å²) in [6.07, 6.45) is 8.94. The van der Waals surface area contributed by atoms with E-state index in [0.717, 1.165) is 38.5 Å². The lowest BCUT2D eigenvalue weighted by atomic mass is 9.46. The first kappa shape index (κ1) is 16.7. The zero-order valence-electron chi connectivity index (χ0n) is 15.8. The van der Waals surface area contributed by atoms with Crippen LogP contribution < -0.4 is 0 Å². The van der Waals surface area contributed by atoms with E-state index in [2.05, 4.69) is 13.8 Å². The number of allylic oxidation sites excluding steroid dienone is 1. The molecule has 5 aliphatic rings. The molecular weight excluding hydrogens is 328 g/mol. The number of ketones is 2. The molecule has 0 unspecified atom stereocenters. The van der Waals surface area contributed by atoms with Gasteiger partial charge in [0.1, 0.15) is 11.4 Å². The first-order valence-electron chi connectivity index (χ1n) is 10.3. The van der Waals surface area contributed by atoms with Crippen molar-refractivity contribution in [2.45, 2.75) is 77.2 Å². The van der Waals surface area contributed by atoms with Crippen molar-refractivity contribution in [1.82, 2.24) is 0 Å². The summed E-state index contributed by atoms with van der Waals surface area (Å²) in [5.41, 5.74) is 0.457. The highest BCUT2D eigenvalue weighted by atomic mass is 16.6. The van der Waals surface area contributed by atoms with Gasteiger partial charge in [-0.05, 0) is 61.9 Å². The second-order valence-corrected chi connectivity index (χ2v) is 9.91. The first-order chi connectivity index (χ1) is 12.3. The van der Waals surface area contributed by atoms with Crippen molar-refractivity contribution in [1.29, 1.82) is 0 Å². The maximum absolute atomic E-state index is 13.5. The van der Waals surface area contributed by atoms with Crippen molar-refractivity contribution in [3.05, 3.63) is 11.6 Å².